The summed E-state index contributed by atoms with van der Waals surface area (Å²) in [6.07, 6.45) is 0. The average Bonchev–Trinajstić information content (AvgIpc) is 2.01. The number of rotatable bonds is 1. The predicted octanol–water partition coefficient (Wildman–Crippen LogP) is 0.481. The van der Waals surface area contributed by atoms with Crippen molar-refractivity contribution in [2.24, 2.45) is 0 Å². The van der Waals surface area contributed by atoms with Gasteiger partial charge in [-0.1, -0.05) is 11.6 Å². The maximum atomic E-state index is 10.6. The van der Waals surface area contributed by atoms with E-state index in [4.69, 9.17) is 16.7 Å². The van der Waals surface area contributed by atoms with E-state index in [-0.39, 0.29) is 11.0 Å². The average molecular weight is 237 g/mol. The quantitative estimate of drug-likeness (QED) is 0.546. The largest absolute Gasteiger partial charge is 0.477 e. The molecule has 0 saturated carbocycles. The fourth-order valence-corrected chi connectivity index (χ4v) is 1.80. The number of carboxylic acids is 1. The first kappa shape index (κ1) is 10.7. The number of aromatic carboxylic acids is 1. The van der Waals surface area contributed by atoms with Gasteiger partial charge >= 0.3 is 5.97 Å². The zero-order valence-electron chi connectivity index (χ0n) is 6.91. The second-order valence-electron chi connectivity index (χ2n) is 2.36. The summed E-state index contributed by atoms with van der Waals surface area (Å²) in [5, 5.41) is 8.31. The van der Waals surface area contributed by atoms with E-state index in [1.54, 1.807) is 0 Å². The maximum absolute atomic E-state index is 10.6. The molecule has 0 saturated heterocycles. The van der Waals surface area contributed by atoms with E-state index in [0.717, 1.165) is 0 Å². The molecule has 0 bridgehead atoms. The lowest BCUT2D eigenvalue weighted by Gasteiger charge is -1.98. The Kier molecular flexibility index (Phi) is 2.92. The van der Waals surface area contributed by atoms with Gasteiger partial charge in [0.15, 0.2) is 4.64 Å². The fraction of sp³-hybridized carbons (Fsp3) is 0.167. The molecule has 0 amide bonds. The first-order valence-electron chi connectivity index (χ1n) is 3.35. The molecule has 0 atom stereocenters. The van der Waals surface area contributed by atoms with Crippen LogP contribution in [-0.2, 0) is 10.3 Å². The topological polar surface area (TPSA) is 100 Å². The highest BCUT2D eigenvalue weighted by molar-refractivity contribution is 7.63. The molecule has 0 aromatic carbocycles. The van der Waals surface area contributed by atoms with Gasteiger partial charge in [0, 0.05) is 0 Å². The van der Waals surface area contributed by atoms with E-state index in [0.29, 0.717) is 0 Å². The number of aromatic nitrogens is 2. The van der Waals surface area contributed by atoms with Crippen LogP contribution in [0, 0.1) is 11.6 Å². The van der Waals surface area contributed by atoms with Crippen molar-refractivity contribution in [2.75, 3.05) is 0 Å². The third-order valence-electron chi connectivity index (χ3n) is 1.37. The van der Waals surface area contributed by atoms with Crippen LogP contribution in [0.5, 0.6) is 0 Å². The summed E-state index contributed by atoms with van der Waals surface area (Å²) in [5.74, 6) is -1.22. The highest BCUT2D eigenvalue weighted by atomic mass is 35.5. The van der Waals surface area contributed by atoms with Crippen LogP contribution >= 0.6 is 11.6 Å². The lowest BCUT2D eigenvalue weighted by Crippen LogP contribution is -2.05. The van der Waals surface area contributed by atoms with Crippen LogP contribution in [0.3, 0.4) is 0 Å². The molecule has 0 unspecified atom stereocenters. The SMILES string of the molecule is Cc1nc(Cl)c(C(=O)O)c(=S(=O)=O)[nH]1. The first-order chi connectivity index (χ1) is 6.43. The second kappa shape index (κ2) is 3.81. The summed E-state index contributed by atoms with van der Waals surface area (Å²) in [6, 6.07) is 0. The molecule has 1 aromatic heterocycles. The zero-order chi connectivity index (χ0) is 10.9. The number of aryl methyl sites for hydroxylation is 1. The Morgan fingerprint density at radius 2 is 2.14 bits per heavy atom. The van der Waals surface area contributed by atoms with Gasteiger partial charge in [0.2, 0.25) is 10.3 Å². The van der Waals surface area contributed by atoms with Gasteiger partial charge in [-0.3, -0.25) is 0 Å². The molecule has 6 nitrogen and oxygen atoms in total. The standard InChI is InChI=1S/C6H5ClN2O4S/c1-2-8-4(7)3(6(10)11)5(9-2)14(12)13/h1H3,(H,8,9)(H,10,11). The van der Waals surface area contributed by atoms with Crippen LogP contribution in [0.2, 0.25) is 5.15 Å². The van der Waals surface area contributed by atoms with Crippen LogP contribution in [0.25, 0.3) is 0 Å². The number of hydrogen-bond donors (Lipinski definition) is 2. The molecule has 1 heterocycles. The molecule has 0 aliphatic rings. The van der Waals surface area contributed by atoms with Gasteiger partial charge < -0.3 is 10.1 Å². The Hall–Kier alpha value is -1.34. The predicted molar refractivity (Wildman–Crippen MR) is 47.5 cm³/mol. The molecular formula is C6H5ClN2O4S. The van der Waals surface area contributed by atoms with E-state index in [1.165, 1.54) is 6.92 Å². The monoisotopic (exact) mass is 236 g/mol. The summed E-state index contributed by atoms with van der Waals surface area (Å²) in [4.78, 5) is 16.5. The number of aromatic amines is 1. The summed E-state index contributed by atoms with van der Waals surface area (Å²) in [5.41, 5.74) is -0.550. The van der Waals surface area contributed by atoms with Crippen molar-refractivity contribution in [3.05, 3.63) is 21.2 Å². The van der Waals surface area contributed by atoms with E-state index in [2.05, 4.69) is 9.97 Å². The van der Waals surface area contributed by atoms with Gasteiger partial charge in [-0.15, -0.1) is 0 Å². The number of halogens is 1. The molecule has 2 N–H and O–H groups in total. The maximum Gasteiger partial charge on any atom is 0.342 e. The Morgan fingerprint density at radius 1 is 1.57 bits per heavy atom. The molecule has 0 spiro atoms. The third-order valence-corrected chi connectivity index (χ3v) is 2.29. The van der Waals surface area contributed by atoms with Crippen LogP contribution in [0.1, 0.15) is 16.2 Å². The molecule has 1 aromatic rings. The van der Waals surface area contributed by atoms with Crippen molar-refractivity contribution in [1.82, 2.24) is 9.97 Å². The Labute approximate surface area is 84.7 Å². The minimum absolute atomic E-state index is 0.221. The third kappa shape index (κ3) is 1.94. The number of H-pyrrole nitrogens is 1. The van der Waals surface area contributed by atoms with Crippen molar-refractivity contribution >= 4 is 27.9 Å². The second-order valence-corrected chi connectivity index (χ2v) is 3.59. The van der Waals surface area contributed by atoms with E-state index in [1.807, 2.05) is 0 Å². The molecule has 0 fully saturated rings. The van der Waals surface area contributed by atoms with Gasteiger partial charge in [-0.05, 0) is 6.92 Å². The van der Waals surface area contributed by atoms with Crippen LogP contribution in [0.4, 0.5) is 0 Å². The van der Waals surface area contributed by atoms with Gasteiger partial charge in [0.25, 0.3) is 0 Å². The normalized spacial score (nSPS) is 9.86. The smallest absolute Gasteiger partial charge is 0.342 e. The number of carboxylic acid groups (broad SMARTS) is 1. The van der Waals surface area contributed by atoms with Crippen LogP contribution < -0.4 is 0 Å². The lowest BCUT2D eigenvalue weighted by atomic mass is 10.3. The molecule has 0 aliphatic carbocycles. The lowest BCUT2D eigenvalue weighted by molar-refractivity contribution is 0.0695. The first-order valence-corrected chi connectivity index (χ1v) is 4.80. The van der Waals surface area contributed by atoms with Gasteiger partial charge in [-0.2, -0.15) is 8.42 Å². The minimum Gasteiger partial charge on any atom is -0.477 e. The number of hydrogen-bond acceptors (Lipinski definition) is 4. The summed E-state index contributed by atoms with van der Waals surface area (Å²) >= 11 is 5.49. The number of nitrogens with zero attached hydrogens (tertiary/aromatic N) is 1. The molecular weight excluding hydrogens is 232 g/mol. The molecule has 0 radical (unpaired) electrons. The van der Waals surface area contributed by atoms with E-state index in [9.17, 15) is 13.2 Å². The van der Waals surface area contributed by atoms with E-state index < -0.39 is 26.5 Å². The van der Waals surface area contributed by atoms with Crippen molar-refractivity contribution in [1.29, 1.82) is 0 Å². The van der Waals surface area contributed by atoms with Gasteiger partial charge in [0.05, 0.1) is 0 Å². The van der Waals surface area contributed by atoms with Crippen molar-refractivity contribution in [3.8, 4) is 0 Å². The highest BCUT2D eigenvalue weighted by Crippen LogP contribution is 2.12. The molecule has 14 heavy (non-hydrogen) atoms. The number of carbonyl (C=O) groups is 1. The summed E-state index contributed by atoms with van der Waals surface area (Å²) in [6.45, 7) is 1.47. The van der Waals surface area contributed by atoms with Crippen LogP contribution in [-0.4, -0.2) is 29.5 Å². The minimum atomic E-state index is -2.69. The van der Waals surface area contributed by atoms with E-state index >= 15 is 0 Å². The summed E-state index contributed by atoms with van der Waals surface area (Å²) < 4.78 is 20.8. The fourth-order valence-electron chi connectivity index (χ4n) is 0.862. The Balaban J connectivity index is 3.92. The van der Waals surface area contributed by atoms with Crippen LogP contribution in [0.15, 0.2) is 0 Å². The van der Waals surface area contributed by atoms with Crippen molar-refractivity contribution in [3.63, 3.8) is 0 Å². The number of nitrogens with one attached hydrogen (secondary N) is 1. The molecule has 1 rings (SSSR count). The Bertz CT molecular complexity index is 552. The Morgan fingerprint density at radius 3 is 2.57 bits per heavy atom. The summed E-state index contributed by atoms with van der Waals surface area (Å²) in [7, 11) is -2.69. The van der Waals surface area contributed by atoms with Gasteiger partial charge in [-0.25, -0.2) is 9.78 Å². The molecule has 76 valence electrons. The molecule has 0 aliphatic heterocycles. The van der Waals surface area contributed by atoms with Crippen molar-refractivity contribution in [2.45, 2.75) is 6.92 Å². The molecule has 8 heteroatoms. The zero-order valence-corrected chi connectivity index (χ0v) is 8.48. The van der Waals surface area contributed by atoms with Gasteiger partial charge in [0.1, 0.15) is 16.5 Å². The highest BCUT2D eigenvalue weighted by Gasteiger charge is 2.14. The van der Waals surface area contributed by atoms with Crippen molar-refractivity contribution < 1.29 is 18.3 Å².